The van der Waals surface area contributed by atoms with Crippen molar-refractivity contribution < 1.29 is 19.4 Å². The van der Waals surface area contributed by atoms with Crippen molar-refractivity contribution in [1.82, 2.24) is 4.90 Å². The first-order valence-corrected chi connectivity index (χ1v) is 8.67. The van der Waals surface area contributed by atoms with E-state index in [2.05, 4.69) is 6.92 Å². The van der Waals surface area contributed by atoms with E-state index in [9.17, 15) is 14.7 Å². The summed E-state index contributed by atoms with van der Waals surface area (Å²) >= 11 is 0. The van der Waals surface area contributed by atoms with Crippen LogP contribution in [0.4, 0.5) is 0 Å². The molecule has 25 heavy (non-hydrogen) atoms. The molecule has 1 saturated heterocycles. The van der Waals surface area contributed by atoms with Gasteiger partial charge in [0.2, 0.25) is 0 Å². The normalized spacial score (nSPS) is 16.6. The summed E-state index contributed by atoms with van der Waals surface area (Å²) in [6.07, 6.45) is 1.07. The number of amides is 1. The lowest BCUT2D eigenvalue weighted by Crippen LogP contribution is -2.44. The molecule has 2 aromatic carbocycles. The molecule has 1 aliphatic heterocycles. The zero-order valence-corrected chi connectivity index (χ0v) is 14.6. The first-order valence-electron chi connectivity index (χ1n) is 8.67. The number of carbonyl (C=O) groups is 2. The van der Waals surface area contributed by atoms with Gasteiger partial charge in [0.25, 0.3) is 5.91 Å². The molecule has 1 fully saturated rings. The van der Waals surface area contributed by atoms with Crippen molar-refractivity contribution in [3.05, 3.63) is 42.0 Å². The second kappa shape index (κ2) is 7.13. The number of rotatable bonds is 3. The fourth-order valence-corrected chi connectivity index (χ4v) is 3.15. The molecule has 5 nitrogen and oxygen atoms in total. The average Bonchev–Trinajstić information content (AvgIpc) is 2.61. The van der Waals surface area contributed by atoms with Crippen LogP contribution in [0, 0.1) is 5.92 Å². The van der Waals surface area contributed by atoms with Crippen LogP contribution in [-0.4, -0.2) is 41.1 Å². The standard InChI is InChI=1S/C20H23NO4/c1-13-7-9-21(10-8-13)19(23)14(2)25-20(24)17-11-15-5-3-4-6-16(15)12-18(17)22/h3-6,11-14,22H,7-10H2,1-2H3/t14-/m1/s1. The SMILES string of the molecule is CC1CCN(C(=O)[C@@H](C)OC(=O)c2cc3ccccc3cc2O)CC1. The molecule has 0 unspecified atom stereocenters. The first kappa shape index (κ1) is 17.3. The van der Waals surface area contributed by atoms with Gasteiger partial charge in [-0.1, -0.05) is 31.2 Å². The van der Waals surface area contributed by atoms with Crippen LogP contribution in [0.25, 0.3) is 10.8 Å². The van der Waals surface area contributed by atoms with E-state index in [0.29, 0.717) is 19.0 Å². The largest absolute Gasteiger partial charge is 0.507 e. The molecule has 2 aromatic rings. The quantitative estimate of drug-likeness (QED) is 0.870. The van der Waals surface area contributed by atoms with Crippen molar-refractivity contribution in [3.63, 3.8) is 0 Å². The van der Waals surface area contributed by atoms with Gasteiger partial charge in [0.05, 0.1) is 0 Å². The van der Waals surface area contributed by atoms with E-state index >= 15 is 0 Å². The van der Waals surface area contributed by atoms with Crippen molar-refractivity contribution in [2.24, 2.45) is 5.92 Å². The Morgan fingerprint density at radius 1 is 1.16 bits per heavy atom. The van der Waals surface area contributed by atoms with Gasteiger partial charge in [-0.25, -0.2) is 4.79 Å². The van der Waals surface area contributed by atoms with Crippen LogP contribution in [0.3, 0.4) is 0 Å². The summed E-state index contributed by atoms with van der Waals surface area (Å²) in [6.45, 7) is 5.15. The number of carbonyl (C=O) groups excluding carboxylic acids is 2. The number of likely N-dealkylation sites (tertiary alicyclic amines) is 1. The number of hydrogen-bond acceptors (Lipinski definition) is 4. The Morgan fingerprint density at radius 3 is 2.40 bits per heavy atom. The number of ether oxygens (including phenoxy) is 1. The predicted molar refractivity (Wildman–Crippen MR) is 95.5 cm³/mol. The second-order valence-corrected chi connectivity index (χ2v) is 6.77. The minimum Gasteiger partial charge on any atom is -0.507 e. The van der Waals surface area contributed by atoms with Gasteiger partial charge < -0.3 is 14.7 Å². The van der Waals surface area contributed by atoms with Crippen LogP contribution in [-0.2, 0) is 9.53 Å². The van der Waals surface area contributed by atoms with Crippen LogP contribution >= 0.6 is 0 Å². The molecule has 3 rings (SSSR count). The molecule has 0 aliphatic carbocycles. The highest BCUT2D eigenvalue weighted by Crippen LogP contribution is 2.26. The molecule has 132 valence electrons. The van der Waals surface area contributed by atoms with Gasteiger partial charge >= 0.3 is 5.97 Å². The number of aromatic hydroxyl groups is 1. The maximum Gasteiger partial charge on any atom is 0.342 e. The zero-order chi connectivity index (χ0) is 18.0. The van der Waals surface area contributed by atoms with Gasteiger partial charge in [0.15, 0.2) is 6.10 Å². The van der Waals surface area contributed by atoms with Crippen molar-refractivity contribution in [2.75, 3.05) is 13.1 Å². The fraction of sp³-hybridized carbons (Fsp3) is 0.400. The van der Waals surface area contributed by atoms with E-state index in [1.54, 1.807) is 17.9 Å². The van der Waals surface area contributed by atoms with E-state index in [1.165, 1.54) is 6.07 Å². The fourth-order valence-electron chi connectivity index (χ4n) is 3.15. The first-order chi connectivity index (χ1) is 12.0. The number of fused-ring (bicyclic) bond motifs is 1. The zero-order valence-electron chi connectivity index (χ0n) is 14.6. The monoisotopic (exact) mass is 341 g/mol. The lowest BCUT2D eigenvalue weighted by molar-refractivity contribution is -0.141. The second-order valence-electron chi connectivity index (χ2n) is 6.77. The highest BCUT2D eigenvalue weighted by atomic mass is 16.5. The summed E-state index contributed by atoms with van der Waals surface area (Å²) in [5, 5.41) is 11.8. The van der Waals surface area contributed by atoms with Gasteiger partial charge in [0, 0.05) is 13.1 Å². The van der Waals surface area contributed by atoms with Gasteiger partial charge in [-0.2, -0.15) is 0 Å². The maximum atomic E-state index is 12.5. The highest BCUT2D eigenvalue weighted by Gasteiger charge is 2.27. The van der Waals surface area contributed by atoms with Crippen LogP contribution in [0.5, 0.6) is 5.75 Å². The summed E-state index contributed by atoms with van der Waals surface area (Å²) < 4.78 is 5.32. The van der Waals surface area contributed by atoms with E-state index in [1.807, 2.05) is 24.3 Å². The molecular weight excluding hydrogens is 318 g/mol. The Balaban J connectivity index is 1.71. The third kappa shape index (κ3) is 3.76. The Bertz CT molecular complexity index is 793. The molecule has 0 saturated carbocycles. The van der Waals surface area contributed by atoms with Crippen LogP contribution < -0.4 is 0 Å². The number of nitrogens with zero attached hydrogens (tertiary/aromatic N) is 1. The number of esters is 1. The number of piperidine rings is 1. The molecule has 1 N–H and O–H groups in total. The van der Waals surface area contributed by atoms with Crippen LogP contribution in [0.1, 0.15) is 37.0 Å². The van der Waals surface area contributed by atoms with Crippen LogP contribution in [0.2, 0.25) is 0 Å². The third-order valence-corrected chi connectivity index (χ3v) is 4.81. The third-order valence-electron chi connectivity index (χ3n) is 4.81. The Kier molecular flexibility index (Phi) is 4.93. The molecule has 0 aromatic heterocycles. The Labute approximate surface area is 147 Å². The molecule has 0 radical (unpaired) electrons. The van der Waals surface area contributed by atoms with Gasteiger partial charge in [-0.15, -0.1) is 0 Å². The maximum absolute atomic E-state index is 12.5. The topological polar surface area (TPSA) is 66.8 Å². The minimum absolute atomic E-state index is 0.0746. The number of benzene rings is 2. The van der Waals surface area contributed by atoms with Gasteiger partial charge in [-0.05, 0) is 48.6 Å². The van der Waals surface area contributed by atoms with Crippen molar-refractivity contribution in [3.8, 4) is 5.75 Å². The summed E-state index contributed by atoms with van der Waals surface area (Å²) in [7, 11) is 0. The molecular formula is C20H23NO4. The van der Waals surface area contributed by atoms with Gasteiger partial charge in [0.1, 0.15) is 11.3 Å². The molecule has 1 atom stereocenters. The smallest absolute Gasteiger partial charge is 0.342 e. The Morgan fingerprint density at radius 2 is 1.76 bits per heavy atom. The molecule has 1 aliphatic rings. The number of hydrogen-bond donors (Lipinski definition) is 1. The number of phenols is 1. The van der Waals surface area contributed by atoms with Gasteiger partial charge in [-0.3, -0.25) is 4.79 Å². The lowest BCUT2D eigenvalue weighted by atomic mass is 9.99. The average molecular weight is 341 g/mol. The molecule has 0 bridgehead atoms. The Hall–Kier alpha value is -2.56. The number of phenolic OH excluding ortho intramolecular Hbond substituents is 1. The van der Waals surface area contributed by atoms with Crippen molar-refractivity contribution in [1.29, 1.82) is 0 Å². The predicted octanol–water partition coefficient (Wildman–Crippen LogP) is 3.35. The van der Waals surface area contributed by atoms with E-state index in [-0.39, 0.29) is 17.2 Å². The molecule has 0 spiro atoms. The van der Waals surface area contributed by atoms with Crippen molar-refractivity contribution in [2.45, 2.75) is 32.8 Å². The summed E-state index contributed by atoms with van der Waals surface area (Å²) in [6, 6.07) is 10.6. The molecule has 1 heterocycles. The summed E-state index contributed by atoms with van der Waals surface area (Å²) in [4.78, 5) is 26.6. The molecule has 5 heteroatoms. The van der Waals surface area contributed by atoms with Crippen molar-refractivity contribution >= 4 is 22.6 Å². The summed E-state index contributed by atoms with van der Waals surface area (Å²) in [5.74, 6) is -0.387. The molecule has 1 amide bonds. The van der Waals surface area contributed by atoms with Crippen LogP contribution in [0.15, 0.2) is 36.4 Å². The highest BCUT2D eigenvalue weighted by molar-refractivity contribution is 5.99. The lowest BCUT2D eigenvalue weighted by Gasteiger charge is -2.31. The van der Waals surface area contributed by atoms with E-state index in [0.717, 1.165) is 23.6 Å². The van der Waals surface area contributed by atoms with E-state index in [4.69, 9.17) is 4.74 Å². The minimum atomic E-state index is -0.869. The van der Waals surface area contributed by atoms with E-state index < -0.39 is 12.1 Å². The summed E-state index contributed by atoms with van der Waals surface area (Å²) in [5.41, 5.74) is 0.0746.